The monoisotopic (exact) mass is 130 g/mol. The average Bonchev–Trinajstić information content (AvgIpc) is 1.80. The van der Waals surface area contributed by atoms with Crippen molar-refractivity contribution in [2.24, 2.45) is 5.73 Å². The number of piperidine rings is 1. The molecule has 1 aliphatic heterocycles. The van der Waals surface area contributed by atoms with E-state index in [9.17, 15) is 0 Å². The average molecular weight is 130 g/mol. The van der Waals surface area contributed by atoms with Crippen LogP contribution in [0.1, 0.15) is 6.42 Å². The van der Waals surface area contributed by atoms with Crippen LogP contribution in [0.4, 0.5) is 0 Å². The summed E-state index contributed by atoms with van der Waals surface area (Å²) in [6.45, 7) is 1.79. The van der Waals surface area contributed by atoms with E-state index in [0.29, 0.717) is 0 Å². The molecule has 0 aromatic heterocycles. The number of nitrogens with two attached hydrogens (primary N) is 1. The summed E-state index contributed by atoms with van der Waals surface area (Å²) in [5, 5.41) is 9.14. The molecule has 3 nitrogen and oxygen atoms in total. The quantitative estimate of drug-likeness (QED) is 0.442. The van der Waals surface area contributed by atoms with Crippen LogP contribution in [0.5, 0.6) is 0 Å². The highest BCUT2D eigenvalue weighted by molar-refractivity contribution is 4.80. The second-order valence-corrected chi connectivity index (χ2v) is 2.78. The maximum atomic E-state index is 9.14. The van der Waals surface area contributed by atoms with Crippen LogP contribution in [0.25, 0.3) is 0 Å². The van der Waals surface area contributed by atoms with E-state index in [2.05, 4.69) is 4.90 Å². The maximum absolute atomic E-state index is 9.14. The lowest BCUT2D eigenvalue weighted by atomic mass is 10.0. The van der Waals surface area contributed by atoms with E-state index in [-0.39, 0.29) is 12.1 Å². The minimum absolute atomic E-state index is 0.0382. The van der Waals surface area contributed by atoms with Crippen molar-refractivity contribution in [3.05, 3.63) is 0 Å². The SMILES string of the molecule is CN1CC[C@@H](O)[C@@H](N)C1. The fourth-order valence-electron chi connectivity index (χ4n) is 1.14. The summed E-state index contributed by atoms with van der Waals surface area (Å²) < 4.78 is 0. The number of hydrogen-bond donors (Lipinski definition) is 2. The zero-order valence-electron chi connectivity index (χ0n) is 5.75. The number of hydrogen-bond acceptors (Lipinski definition) is 3. The Balaban J connectivity index is 2.35. The molecule has 1 heterocycles. The molecule has 0 radical (unpaired) electrons. The summed E-state index contributed by atoms with van der Waals surface area (Å²) in [6.07, 6.45) is 0.540. The van der Waals surface area contributed by atoms with Crippen LogP contribution >= 0.6 is 0 Å². The third-order valence-electron chi connectivity index (χ3n) is 1.82. The Morgan fingerprint density at radius 2 is 2.33 bits per heavy atom. The van der Waals surface area contributed by atoms with E-state index in [1.54, 1.807) is 0 Å². The predicted octanol–water partition coefficient (Wildman–Crippen LogP) is -0.990. The van der Waals surface area contributed by atoms with Crippen LogP contribution in [-0.4, -0.2) is 42.3 Å². The first-order chi connectivity index (χ1) is 4.20. The molecule has 0 aromatic carbocycles. The first-order valence-electron chi connectivity index (χ1n) is 3.32. The minimum atomic E-state index is -0.277. The van der Waals surface area contributed by atoms with Crippen molar-refractivity contribution in [3.8, 4) is 0 Å². The second-order valence-electron chi connectivity index (χ2n) is 2.78. The highest BCUT2D eigenvalue weighted by Crippen LogP contribution is 2.05. The number of rotatable bonds is 0. The standard InChI is InChI=1S/C6H14N2O/c1-8-3-2-6(9)5(7)4-8/h5-6,9H,2-4,7H2,1H3/t5-,6+/m0/s1. The molecule has 0 aromatic rings. The fourth-order valence-corrected chi connectivity index (χ4v) is 1.14. The van der Waals surface area contributed by atoms with Gasteiger partial charge >= 0.3 is 0 Å². The molecule has 3 heteroatoms. The maximum Gasteiger partial charge on any atom is 0.0715 e. The lowest BCUT2D eigenvalue weighted by molar-refractivity contribution is 0.0734. The molecule has 0 unspecified atom stereocenters. The van der Waals surface area contributed by atoms with Crippen molar-refractivity contribution >= 4 is 0 Å². The van der Waals surface area contributed by atoms with E-state index in [0.717, 1.165) is 19.5 Å². The van der Waals surface area contributed by atoms with Gasteiger partial charge in [0.1, 0.15) is 0 Å². The summed E-state index contributed by atoms with van der Waals surface area (Å²) in [6, 6.07) is -0.0382. The van der Waals surface area contributed by atoms with Crippen LogP contribution in [0.3, 0.4) is 0 Å². The van der Waals surface area contributed by atoms with Crippen LogP contribution < -0.4 is 5.73 Å². The Bertz CT molecular complexity index is 97.1. The Hall–Kier alpha value is -0.120. The normalized spacial score (nSPS) is 39.0. The first kappa shape index (κ1) is 6.99. The summed E-state index contributed by atoms with van der Waals surface area (Å²) in [5.74, 6) is 0. The molecule has 1 saturated heterocycles. The topological polar surface area (TPSA) is 49.5 Å². The molecule has 2 atom stereocenters. The Labute approximate surface area is 55.5 Å². The molecule has 0 aliphatic carbocycles. The summed E-state index contributed by atoms with van der Waals surface area (Å²) in [7, 11) is 2.02. The van der Waals surface area contributed by atoms with E-state index in [1.165, 1.54) is 0 Å². The smallest absolute Gasteiger partial charge is 0.0715 e. The number of likely N-dealkylation sites (N-methyl/N-ethyl adjacent to an activating group) is 1. The molecular formula is C6H14N2O. The molecule has 1 fully saturated rings. The third kappa shape index (κ3) is 1.64. The van der Waals surface area contributed by atoms with Gasteiger partial charge in [-0.15, -0.1) is 0 Å². The third-order valence-corrected chi connectivity index (χ3v) is 1.82. The van der Waals surface area contributed by atoms with E-state index < -0.39 is 0 Å². The Kier molecular flexibility index (Phi) is 2.05. The van der Waals surface area contributed by atoms with Gasteiger partial charge in [-0.05, 0) is 13.5 Å². The molecule has 1 rings (SSSR count). The van der Waals surface area contributed by atoms with E-state index >= 15 is 0 Å². The number of aliphatic hydroxyl groups excluding tert-OH is 1. The Morgan fingerprint density at radius 3 is 2.78 bits per heavy atom. The van der Waals surface area contributed by atoms with Gasteiger partial charge < -0.3 is 15.7 Å². The van der Waals surface area contributed by atoms with Gasteiger partial charge in [-0.3, -0.25) is 0 Å². The molecular weight excluding hydrogens is 116 g/mol. The lowest BCUT2D eigenvalue weighted by Crippen LogP contribution is -2.49. The van der Waals surface area contributed by atoms with Crippen molar-refractivity contribution < 1.29 is 5.11 Å². The molecule has 0 bridgehead atoms. The zero-order valence-corrected chi connectivity index (χ0v) is 5.75. The van der Waals surface area contributed by atoms with Gasteiger partial charge in [-0.1, -0.05) is 0 Å². The predicted molar refractivity (Wildman–Crippen MR) is 36.1 cm³/mol. The highest BCUT2D eigenvalue weighted by Gasteiger charge is 2.21. The van der Waals surface area contributed by atoms with Crippen LogP contribution in [0, 0.1) is 0 Å². The van der Waals surface area contributed by atoms with Crippen molar-refractivity contribution in [2.75, 3.05) is 20.1 Å². The van der Waals surface area contributed by atoms with Crippen molar-refractivity contribution in [1.82, 2.24) is 4.90 Å². The number of likely N-dealkylation sites (tertiary alicyclic amines) is 1. The summed E-state index contributed by atoms with van der Waals surface area (Å²) in [4.78, 5) is 2.14. The van der Waals surface area contributed by atoms with Gasteiger partial charge in [0.05, 0.1) is 6.10 Å². The molecule has 1 aliphatic rings. The van der Waals surface area contributed by atoms with Crippen LogP contribution in [0.15, 0.2) is 0 Å². The highest BCUT2D eigenvalue weighted by atomic mass is 16.3. The van der Waals surface area contributed by atoms with E-state index in [4.69, 9.17) is 10.8 Å². The molecule has 0 saturated carbocycles. The largest absolute Gasteiger partial charge is 0.391 e. The summed E-state index contributed by atoms with van der Waals surface area (Å²) in [5.41, 5.74) is 5.58. The van der Waals surface area contributed by atoms with Gasteiger partial charge in [-0.2, -0.15) is 0 Å². The van der Waals surface area contributed by atoms with Crippen molar-refractivity contribution in [2.45, 2.75) is 18.6 Å². The summed E-state index contributed by atoms with van der Waals surface area (Å²) >= 11 is 0. The second kappa shape index (κ2) is 2.64. The zero-order chi connectivity index (χ0) is 6.85. The Morgan fingerprint density at radius 1 is 1.67 bits per heavy atom. The van der Waals surface area contributed by atoms with Crippen molar-refractivity contribution in [3.63, 3.8) is 0 Å². The fraction of sp³-hybridized carbons (Fsp3) is 1.00. The van der Waals surface area contributed by atoms with Crippen LogP contribution in [0.2, 0.25) is 0 Å². The number of aliphatic hydroxyl groups is 1. The molecule has 0 spiro atoms. The van der Waals surface area contributed by atoms with Gasteiger partial charge in [0.15, 0.2) is 0 Å². The van der Waals surface area contributed by atoms with Gasteiger partial charge in [0.25, 0.3) is 0 Å². The van der Waals surface area contributed by atoms with Crippen LogP contribution in [-0.2, 0) is 0 Å². The molecule has 9 heavy (non-hydrogen) atoms. The minimum Gasteiger partial charge on any atom is -0.391 e. The van der Waals surface area contributed by atoms with Gasteiger partial charge in [0.2, 0.25) is 0 Å². The lowest BCUT2D eigenvalue weighted by Gasteiger charge is -2.31. The van der Waals surface area contributed by atoms with Gasteiger partial charge in [-0.25, -0.2) is 0 Å². The first-order valence-corrected chi connectivity index (χ1v) is 3.32. The molecule has 3 N–H and O–H groups in total. The molecule has 0 amide bonds. The van der Waals surface area contributed by atoms with Crippen molar-refractivity contribution in [1.29, 1.82) is 0 Å². The number of nitrogens with zero attached hydrogens (tertiary/aromatic N) is 1. The van der Waals surface area contributed by atoms with E-state index in [1.807, 2.05) is 7.05 Å². The molecule has 54 valence electrons. The van der Waals surface area contributed by atoms with Gasteiger partial charge in [0, 0.05) is 19.1 Å².